The van der Waals surface area contributed by atoms with Crippen LogP contribution in [0.4, 0.5) is 18.0 Å². The summed E-state index contributed by atoms with van der Waals surface area (Å²) in [5, 5.41) is 13.7. The first-order chi connectivity index (χ1) is 20.0. The number of alkyl halides is 3. The van der Waals surface area contributed by atoms with Crippen LogP contribution < -0.4 is 26.0 Å². The molecule has 42 heavy (non-hydrogen) atoms. The average Bonchev–Trinajstić information content (AvgIpc) is 3.47. The molecule has 0 spiro atoms. The van der Waals surface area contributed by atoms with E-state index in [1.165, 1.54) is 36.3 Å². The van der Waals surface area contributed by atoms with Crippen molar-refractivity contribution >= 4 is 17.8 Å². The highest BCUT2D eigenvalue weighted by atomic mass is 19.4. The molecular formula is C28H30F3N7O4. The van der Waals surface area contributed by atoms with Crippen LogP contribution in [-0.2, 0) is 11.3 Å². The predicted octanol–water partition coefficient (Wildman–Crippen LogP) is 3.29. The van der Waals surface area contributed by atoms with E-state index >= 15 is 0 Å². The number of urea groups is 1. The number of ether oxygens (including phenoxy) is 1. The Hall–Kier alpha value is -5.14. The first-order valence-corrected chi connectivity index (χ1v) is 12.7. The van der Waals surface area contributed by atoms with Crippen LogP contribution in [0.1, 0.15) is 23.8 Å². The highest BCUT2D eigenvalue weighted by Crippen LogP contribution is 2.33. The molecule has 0 saturated carbocycles. The Kier molecular flexibility index (Phi) is 10.8. The molecule has 1 unspecified atom stereocenters. The van der Waals surface area contributed by atoms with Crippen molar-refractivity contribution in [1.29, 1.82) is 0 Å². The van der Waals surface area contributed by atoms with Crippen molar-refractivity contribution in [2.45, 2.75) is 32.1 Å². The number of hydrogen-bond donors (Lipinski definition) is 4. The molecule has 0 saturated heterocycles. The maximum Gasteiger partial charge on any atom is 0.414 e. The molecule has 0 aliphatic heterocycles. The molecule has 4 amide bonds. The summed E-state index contributed by atoms with van der Waals surface area (Å²) in [6, 6.07) is 2.60. The van der Waals surface area contributed by atoms with Crippen molar-refractivity contribution in [2.24, 2.45) is 0 Å². The van der Waals surface area contributed by atoms with E-state index in [0.29, 0.717) is 11.5 Å². The fraction of sp³-hybridized carbons (Fsp3) is 0.250. The van der Waals surface area contributed by atoms with Gasteiger partial charge in [-0.05, 0) is 43.7 Å². The fourth-order valence-electron chi connectivity index (χ4n) is 3.68. The molecule has 1 aliphatic rings. The lowest BCUT2D eigenvalue weighted by molar-refractivity contribution is -0.119. The van der Waals surface area contributed by atoms with E-state index in [2.05, 4.69) is 37.9 Å². The first-order valence-electron chi connectivity index (χ1n) is 12.7. The van der Waals surface area contributed by atoms with Gasteiger partial charge in [0.25, 0.3) is 5.91 Å². The molecule has 3 rings (SSSR count). The highest BCUT2D eigenvalue weighted by molar-refractivity contribution is 5.93. The van der Waals surface area contributed by atoms with E-state index in [9.17, 15) is 27.6 Å². The van der Waals surface area contributed by atoms with Crippen LogP contribution in [0.5, 0.6) is 5.75 Å². The van der Waals surface area contributed by atoms with Gasteiger partial charge in [0.2, 0.25) is 5.91 Å². The maximum absolute atomic E-state index is 13.8. The number of pyridine rings is 1. The predicted molar refractivity (Wildman–Crippen MR) is 148 cm³/mol. The Morgan fingerprint density at radius 1 is 1.26 bits per heavy atom. The Morgan fingerprint density at radius 3 is 2.71 bits per heavy atom. The summed E-state index contributed by atoms with van der Waals surface area (Å²) in [4.78, 5) is 40.5. The van der Waals surface area contributed by atoms with Gasteiger partial charge in [-0.1, -0.05) is 18.7 Å². The second-order valence-electron chi connectivity index (χ2n) is 8.81. The zero-order chi connectivity index (χ0) is 30.7. The van der Waals surface area contributed by atoms with Crippen LogP contribution in [0.15, 0.2) is 96.4 Å². The molecule has 1 aliphatic carbocycles. The van der Waals surface area contributed by atoms with Crippen molar-refractivity contribution in [2.75, 3.05) is 13.6 Å². The number of nitrogens with one attached hydrogen (secondary N) is 4. The molecule has 11 nitrogen and oxygen atoms in total. The largest absolute Gasteiger partial charge is 0.458 e. The summed E-state index contributed by atoms with van der Waals surface area (Å²) in [5.41, 5.74) is -0.851. The highest BCUT2D eigenvalue weighted by Gasteiger charge is 2.40. The van der Waals surface area contributed by atoms with Gasteiger partial charge in [0.1, 0.15) is 17.2 Å². The number of allylic oxidation sites excluding steroid dienone is 3. The third-order valence-electron chi connectivity index (χ3n) is 5.76. The van der Waals surface area contributed by atoms with Crippen molar-refractivity contribution in [3.63, 3.8) is 0 Å². The van der Waals surface area contributed by atoms with Gasteiger partial charge in [-0.15, -0.1) is 0 Å². The summed E-state index contributed by atoms with van der Waals surface area (Å²) < 4.78 is 48.5. The number of carbonyl (C=O) groups excluding carboxylic acids is 3. The quantitative estimate of drug-likeness (QED) is 0.181. The smallest absolute Gasteiger partial charge is 0.414 e. The van der Waals surface area contributed by atoms with Crippen molar-refractivity contribution in [1.82, 2.24) is 36.0 Å². The molecule has 0 bridgehead atoms. The van der Waals surface area contributed by atoms with E-state index in [0.717, 1.165) is 6.08 Å². The van der Waals surface area contributed by atoms with Gasteiger partial charge in [0.15, 0.2) is 0 Å². The molecule has 2 heterocycles. The Balaban J connectivity index is 1.52. The van der Waals surface area contributed by atoms with E-state index in [1.807, 2.05) is 0 Å². The van der Waals surface area contributed by atoms with Crippen LogP contribution in [0, 0.1) is 0 Å². The number of aromatic nitrogens is 3. The number of carbonyl (C=O) groups is 3. The van der Waals surface area contributed by atoms with Gasteiger partial charge in [-0.2, -0.15) is 18.3 Å². The number of nitrogens with zero attached hydrogens (tertiary/aromatic N) is 3. The minimum absolute atomic E-state index is 0.0257. The zero-order valence-electron chi connectivity index (χ0n) is 22.9. The Labute approximate surface area is 239 Å². The van der Waals surface area contributed by atoms with Gasteiger partial charge in [0.05, 0.1) is 18.2 Å². The van der Waals surface area contributed by atoms with Crippen molar-refractivity contribution in [3.05, 3.63) is 102 Å². The second-order valence-corrected chi connectivity index (χ2v) is 8.81. The molecule has 2 aromatic heterocycles. The number of amides is 4. The molecule has 1 atom stereocenters. The lowest BCUT2D eigenvalue weighted by atomic mass is 9.96. The molecule has 0 aromatic carbocycles. The van der Waals surface area contributed by atoms with E-state index < -0.39 is 29.7 Å². The van der Waals surface area contributed by atoms with Gasteiger partial charge in [0, 0.05) is 49.5 Å². The SMILES string of the molecule is C=C(Cn1cccn1)C(=O)NC1CC=C(NC(=O)NCC=CC(=CC)Oc2ccnc(C(=O)NC)c2)C=C1C(F)(F)F. The molecular weight excluding hydrogens is 555 g/mol. The zero-order valence-corrected chi connectivity index (χ0v) is 22.9. The second kappa shape index (κ2) is 14.5. The summed E-state index contributed by atoms with van der Waals surface area (Å²) in [5.74, 6) is -0.314. The average molecular weight is 586 g/mol. The summed E-state index contributed by atoms with van der Waals surface area (Å²) in [6.07, 6.45) is 6.58. The number of halogens is 3. The minimum Gasteiger partial charge on any atom is -0.458 e. The number of hydrogen-bond acceptors (Lipinski definition) is 6. The Morgan fingerprint density at radius 2 is 2.05 bits per heavy atom. The topological polar surface area (TPSA) is 139 Å². The minimum atomic E-state index is -4.75. The monoisotopic (exact) mass is 585 g/mol. The van der Waals surface area contributed by atoms with Gasteiger partial charge >= 0.3 is 12.2 Å². The lowest BCUT2D eigenvalue weighted by Gasteiger charge is -2.27. The Bertz CT molecular complexity index is 1430. The maximum atomic E-state index is 13.8. The standard InChI is InChI=1S/C28H30F3N7O4/c1-4-20(42-21-10-13-33-24(16-21)26(40)32-3)7-5-11-34-27(41)36-19-8-9-23(22(15-19)28(29,30)31)37-25(39)18(2)17-38-14-6-12-35-38/h4-8,10,12-16,23H,2,9,11,17H2,1,3H3,(H,32,40)(H,37,39)(H2,34,36,41). The third kappa shape index (κ3) is 9.21. The summed E-state index contributed by atoms with van der Waals surface area (Å²) in [7, 11) is 1.48. The molecule has 2 aromatic rings. The fourth-order valence-corrected chi connectivity index (χ4v) is 3.68. The van der Waals surface area contributed by atoms with Crippen LogP contribution >= 0.6 is 0 Å². The van der Waals surface area contributed by atoms with Gasteiger partial charge < -0.3 is 26.0 Å². The van der Waals surface area contributed by atoms with Crippen LogP contribution in [-0.4, -0.2) is 58.4 Å². The molecule has 222 valence electrons. The van der Waals surface area contributed by atoms with Gasteiger partial charge in [-0.3, -0.25) is 19.3 Å². The molecule has 14 heteroatoms. The molecule has 0 fully saturated rings. The van der Waals surface area contributed by atoms with Crippen molar-refractivity contribution < 1.29 is 32.3 Å². The summed E-state index contributed by atoms with van der Waals surface area (Å²) >= 11 is 0. The lowest BCUT2D eigenvalue weighted by Crippen LogP contribution is -2.43. The van der Waals surface area contributed by atoms with E-state index in [4.69, 9.17) is 4.74 Å². The third-order valence-corrected chi connectivity index (χ3v) is 5.76. The van der Waals surface area contributed by atoms with Crippen LogP contribution in [0.25, 0.3) is 0 Å². The van der Waals surface area contributed by atoms with Crippen molar-refractivity contribution in [3.8, 4) is 5.75 Å². The molecule has 4 N–H and O–H groups in total. The first kappa shape index (κ1) is 31.4. The van der Waals surface area contributed by atoms with Gasteiger partial charge in [-0.25, -0.2) is 4.79 Å². The van der Waals surface area contributed by atoms with E-state index in [1.54, 1.807) is 43.5 Å². The van der Waals surface area contributed by atoms with Crippen LogP contribution in [0.3, 0.4) is 0 Å². The molecule has 0 radical (unpaired) electrons. The summed E-state index contributed by atoms with van der Waals surface area (Å²) in [6.45, 7) is 5.42. The van der Waals surface area contributed by atoms with E-state index in [-0.39, 0.29) is 42.4 Å². The number of rotatable bonds is 11. The van der Waals surface area contributed by atoms with Crippen LogP contribution in [0.2, 0.25) is 0 Å². The normalized spacial score (nSPS) is 15.4.